The molecule has 2 atom stereocenters. The van der Waals surface area contributed by atoms with Crippen LogP contribution in [0.15, 0.2) is 24.3 Å². The first kappa shape index (κ1) is 16.5. The molecule has 1 aromatic rings. The van der Waals surface area contributed by atoms with Gasteiger partial charge in [-0.05, 0) is 31.2 Å². The highest BCUT2D eigenvalue weighted by Crippen LogP contribution is 2.16. The lowest BCUT2D eigenvalue weighted by atomic mass is 10.3. The quantitative estimate of drug-likeness (QED) is 0.907. The van der Waals surface area contributed by atoms with Gasteiger partial charge in [-0.2, -0.15) is 0 Å². The molecule has 1 heterocycles. The predicted octanol–water partition coefficient (Wildman–Crippen LogP) is 2.49. The van der Waals surface area contributed by atoms with E-state index in [-0.39, 0.29) is 24.8 Å². The van der Waals surface area contributed by atoms with Gasteiger partial charge in [0.05, 0.1) is 0 Å². The minimum atomic E-state index is -0.178. The monoisotopic (exact) mass is 307 g/mol. The van der Waals surface area contributed by atoms with Crippen molar-refractivity contribution in [2.24, 2.45) is 0 Å². The molecule has 0 amide bonds. The molecular formula is C13H19Cl2NO3. The van der Waals surface area contributed by atoms with E-state index in [2.05, 4.69) is 5.32 Å². The maximum absolute atomic E-state index is 5.81. The van der Waals surface area contributed by atoms with E-state index < -0.39 is 0 Å². The number of ether oxygens (including phenoxy) is 3. The Morgan fingerprint density at radius 3 is 2.74 bits per heavy atom. The van der Waals surface area contributed by atoms with Crippen molar-refractivity contribution in [1.82, 2.24) is 5.32 Å². The highest BCUT2D eigenvalue weighted by molar-refractivity contribution is 6.30. The normalized spacial score (nSPS) is 22.6. The van der Waals surface area contributed by atoms with E-state index in [1.807, 2.05) is 19.1 Å². The van der Waals surface area contributed by atoms with Crippen LogP contribution >= 0.6 is 24.0 Å². The molecule has 0 radical (unpaired) electrons. The Morgan fingerprint density at radius 1 is 1.32 bits per heavy atom. The molecule has 1 fully saturated rings. The lowest BCUT2D eigenvalue weighted by Crippen LogP contribution is -2.48. The number of morpholine rings is 1. The van der Waals surface area contributed by atoms with Crippen molar-refractivity contribution in [3.63, 3.8) is 0 Å². The number of benzene rings is 1. The second kappa shape index (κ2) is 8.61. The fourth-order valence-electron chi connectivity index (χ4n) is 1.78. The van der Waals surface area contributed by atoms with E-state index in [9.17, 15) is 0 Å². The average molecular weight is 308 g/mol. The van der Waals surface area contributed by atoms with Crippen LogP contribution < -0.4 is 10.1 Å². The van der Waals surface area contributed by atoms with Gasteiger partial charge in [0.25, 0.3) is 0 Å². The zero-order chi connectivity index (χ0) is 12.8. The number of rotatable bonds is 5. The zero-order valence-electron chi connectivity index (χ0n) is 10.8. The summed E-state index contributed by atoms with van der Waals surface area (Å²) in [5.74, 6) is 0.793. The van der Waals surface area contributed by atoms with Crippen LogP contribution in [-0.2, 0) is 9.47 Å². The van der Waals surface area contributed by atoms with E-state index in [4.69, 9.17) is 25.8 Å². The minimum Gasteiger partial charge on any atom is -0.491 e. The van der Waals surface area contributed by atoms with E-state index in [1.165, 1.54) is 0 Å². The van der Waals surface area contributed by atoms with Gasteiger partial charge in [0.2, 0.25) is 0 Å². The molecule has 1 aliphatic heterocycles. The molecule has 0 aliphatic carbocycles. The van der Waals surface area contributed by atoms with Crippen molar-refractivity contribution in [2.75, 3.05) is 26.3 Å². The topological polar surface area (TPSA) is 39.7 Å². The second-order valence-corrected chi connectivity index (χ2v) is 4.50. The SMILES string of the molecule is CCOC1CNCC(COc2ccc(Cl)cc2)O1.Cl. The Hall–Kier alpha value is -0.520. The summed E-state index contributed by atoms with van der Waals surface area (Å²) >= 11 is 5.81. The first-order valence-electron chi connectivity index (χ1n) is 6.14. The molecule has 0 aromatic heterocycles. The second-order valence-electron chi connectivity index (χ2n) is 4.07. The average Bonchev–Trinajstić information content (AvgIpc) is 2.39. The van der Waals surface area contributed by atoms with Crippen molar-refractivity contribution in [3.05, 3.63) is 29.3 Å². The van der Waals surface area contributed by atoms with E-state index in [1.54, 1.807) is 12.1 Å². The Morgan fingerprint density at radius 2 is 2.05 bits per heavy atom. The summed E-state index contributed by atoms with van der Waals surface area (Å²) in [6, 6.07) is 7.30. The van der Waals surface area contributed by atoms with Gasteiger partial charge in [-0.1, -0.05) is 11.6 Å². The molecule has 0 spiro atoms. The maximum Gasteiger partial charge on any atom is 0.170 e. The van der Waals surface area contributed by atoms with Gasteiger partial charge in [0, 0.05) is 24.7 Å². The van der Waals surface area contributed by atoms with Crippen molar-refractivity contribution >= 4 is 24.0 Å². The number of hydrogen-bond acceptors (Lipinski definition) is 4. The summed E-state index contributed by atoms with van der Waals surface area (Å²) in [6.45, 7) is 4.61. The number of halogens is 2. The van der Waals surface area contributed by atoms with Crippen LogP contribution in [0.5, 0.6) is 5.75 Å². The van der Waals surface area contributed by atoms with Crippen LogP contribution in [-0.4, -0.2) is 38.7 Å². The van der Waals surface area contributed by atoms with E-state index in [0.29, 0.717) is 18.2 Å². The first-order valence-corrected chi connectivity index (χ1v) is 6.52. The predicted molar refractivity (Wildman–Crippen MR) is 77.4 cm³/mol. The molecule has 0 bridgehead atoms. The zero-order valence-corrected chi connectivity index (χ0v) is 12.4. The van der Waals surface area contributed by atoms with Gasteiger partial charge in [-0.15, -0.1) is 12.4 Å². The van der Waals surface area contributed by atoms with Crippen LogP contribution in [0, 0.1) is 0 Å². The lowest BCUT2D eigenvalue weighted by molar-refractivity contribution is -0.187. The van der Waals surface area contributed by atoms with Crippen LogP contribution in [0.1, 0.15) is 6.92 Å². The Labute approximate surface area is 124 Å². The molecule has 1 aliphatic rings. The summed E-state index contributed by atoms with van der Waals surface area (Å²) in [6.07, 6.45) is -0.173. The van der Waals surface area contributed by atoms with Crippen molar-refractivity contribution in [2.45, 2.75) is 19.3 Å². The van der Waals surface area contributed by atoms with Crippen LogP contribution in [0.2, 0.25) is 5.02 Å². The summed E-state index contributed by atoms with van der Waals surface area (Å²) in [5, 5.41) is 3.97. The van der Waals surface area contributed by atoms with Gasteiger partial charge in [0.1, 0.15) is 18.5 Å². The maximum atomic E-state index is 5.81. The van der Waals surface area contributed by atoms with Gasteiger partial charge in [-0.3, -0.25) is 0 Å². The molecule has 2 unspecified atom stereocenters. The number of nitrogens with one attached hydrogen (secondary N) is 1. The minimum absolute atomic E-state index is 0. The molecular weight excluding hydrogens is 289 g/mol. The molecule has 1 aromatic carbocycles. The third-order valence-electron chi connectivity index (χ3n) is 2.63. The van der Waals surface area contributed by atoms with E-state index >= 15 is 0 Å². The third-order valence-corrected chi connectivity index (χ3v) is 2.88. The third kappa shape index (κ3) is 5.55. The molecule has 1 N–H and O–H groups in total. The fourth-order valence-corrected chi connectivity index (χ4v) is 1.90. The summed E-state index contributed by atoms with van der Waals surface area (Å²) < 4.78 is 16.8. The van der Waals surface area contributed by atoms with Crippen molar-refractivity contribution < 1.29 is 14.2 Å². The highest BCUT2D eigenvalue weighted by atomic mass is 35.5. The molecule has 108 valence electrons. The summed E-state index contributed by atoms with van der Waals surface area (Å²) in [7, 11) is 0. The largest absolute Gasteiger partial charge is 0.491 e. The van der Waals surface area contributed by atoms with Crippen LogP contribution in [0.4, 0.5) is 0 Å². The van der Waals surface area contributed by atoms with Crippen LogP contribution in [0.3, 0.4) is 0 Å². The number of hydrogen-bond donors (Lipinski definition) is 1. The first-order chi connectivity index (χ1) is 8.78. The molecule has 0 saturated carbocycles. The molecule has 6 heteroatoms. The Bertz CT molecular complexity index is 359. The van der Waals surface area contributed by atoms with Gasteiger partial charge in [0.15, 0.2) is 6.29 Å². The fraction of sp³-hybridized carbons (Fsp3) is 0.538. The Kier molecular flexibility index (Phi) is 7.49. The van der Waals surface area contributed by atoms with Gasteiger partial charge >= 0.3 is 0 Å². The molecule has 2 rings (SSSR count). The summed E-state index contributed by atoms with van der Waals surface area (Å²) in [5.41, 5.74) is 0. The van der Waals surface area contributed by atoms with Crippen molar-refractivity contribution in [1.29, 1.82) is 0 Å². The van der Waals surface area contributed by atoms with Gasteiger partial charge < -0.3 is 19.5 Å². The molecule has 4 nitrogen and oxygen atoms in total. The van der Waals surface area contributed by atoms with E-state index in [0.717, 1.165) is 18.8 Å². The molecule has 1 saturated heterocycles. The Balaban J connectivity index is 0.00000180. The van der Waals surface area contributed by atoms with Crippen molar-refractivity contribution in [3.8, 4) is 5.75 Å². The van der Waals surface area contributed by atoms with Gasteiger partial charge in [-0.25, -0.2) is 0 Å². The van der Waals surface area contributed by atoms with Crippen LogP contribution in [0.25, 0.3) is 0 Å². The molecule has 19 heavy (non-hydrogen) atoms. The standard InChI is InChI=1S/C13H18ClNO3.ClH/c1-2-16-13-8-15-7-12(18-13)9-17-11-5-3-10(14)4-6-11;/h3-6,12-13,15H,2,7-9H2,1H3;1H. The lowest BCUT2D eigenvalue weighted by Gasteiger charge is -2.30. The smallest absolute Gasteiger partial charge is 0.170 e. The summed E-state index contributed by atoms with van der Waals surface area (Å²) in [4.78, 5) is 0. The highest BCUT2D eigenvalue weighted by Gasteiger charge is 2.22.